The van der Waals surface area contributed by atoms with E-state index in [0.29, 0.717) is 21.7 Å². The third-order valence-corrected chi connectivity index (χ3v) is 10.2. The number of rotatable bonds is 0. The van der Waals surface area contributed by atoms with E-state index in [2.05, 4.69) is 83.1 Å². The molecule has 0 nitrogen and oxygen atoms in total. The lowest BCUT2D eigenvalue weighted by Gasteiger charge is -2.58. The van der Waals surface area contributed by atoms with E-state index < -0.39 is 0 Å². The molecule has 0 aromatic heterocycles. The molecule has 8 unspecified atom stereocenters. The lowest BCUT2D eigenvalue weighted by atomic mass is 9.47. The fraction of sp³-hybridized carbons (Fsp3) is 1.00. The highest BCUT2D eigenvalue weighted by Crippen LogP contribution is 2.61. The van der Waals surface area contributed by atoms with Gasteiger partial charge in [0.15, 0.2) is 0 Å². The van der Waals surface area contributed by atoms with Crippen LogP contribution in [0, 0.1) is 69.0 Å². The molecular weight excluding hydrogens is 360 g/mol. The van der Waals surface area contributed by atoms with E-state index in [1.807, 2.05) is 0 Å². The van der Waals surface area contributed by atoms with Gasteiger partial charge >= 0.3 is 0 Å². The molecule has 0 heteroatoms. The van der Waals surface area contributed by atoms with E-state index in [1.165, 1.54) is 25.7 Å². The van der Waals surface area contributed by atoms with Gasteiger partial charge in [0.25, 0.3) is 0 Å². The maximum atomic E-state index is 2.52. The van der Waals surface area contributed by atoms with Crippen molar-refractivity contribution >= 4 is 0 Å². The average Bonchev–Trinajstić information content (AvgIpc) is 2.54. The van der Waals surface area contributed by atoms with Gasteiger partial charge in [0.05, 0.1) is 0 Å². The van der Waals surface area contributed by atoms with Crippen molar-refractivity contribution < 1.29 is 0 Å². The van der Waals surface area contributed by atoms with Crippen LogP contribution >= 0.6 is 0 Å². The van der Waals surface area contributed by atoms with Crippen molar-refractivity contribution in [1.82, 2.24) is 0 Å². The summed E-state index contributed by atoms with van der Waals surface area (Å²) in [4.78, 5) is 0. The molecule has 3 saturated carbocycles. The molecule has 3 fully saturated rings. The monoisotopic (exact) mass is 416 g/mol. The van der Waals surface area contributed by atoms with Crippen molar-refractivity contribution in [1.29, 1.82) is 0 Å². The zero-order chi connectivity index (χ0) is 22.9. The molecule has 0 saturated heterocycles. The Kier molecular flexibility index (Phi) is 6.40. The molecule has 0 radical (unpaired) electrons. The van der Waals surface area contributed by atoms with Gasteiger partial charge in [-0.25, -0.2) is 0 Å². The van der Waals surface area contributed by atoms with E-state index in [1.54, 1.807) is 12.8 Å². The molecule has 3 aliphatic carbocycles. The third-order valence-electron chi connectivity index (χ3n) is 10.2. The van der Waals surface area contributed by atoms with Gasteiger partial charge in [-0.2, -0.15) is 0 Å². The minimum atomic E-state index is 0.442. The predicted octanol–water partition coefficient (Wildman–Crippen LogP) is 9.48. The second-order valence-electron chi connectivity index (χ2n) is 16.3. The molecule has 8 atom stereocenters. The Morgan fingerprint density at radius 3 is 0.600 bits per heavy atom. The first-order valence-electron chi connectivity index (χ1n) is 13.4. The Balaban J connectivity index is 1.84. The van der Waals surface area contributed by atoms with Gasteiger partial charge in [-0.15, -0.1) is 0 Å². The summed E-state index contributed by atoms with van der Waals surface area (Å²) in [7, 11) is 0. The second-order valence-corrected chi connectivity index (χ2v) is 16.3. The summed E-state index contributed by atoms with van der Waals surface area (Å²) in [6.45, 7) is 30.2. The number of fused-ring (bicyclic) bond motifs is 2. The van der Waals surface area contributed by atoms with Gasteiger partial charge < -0.3 is 0 Å². The highest BCUT2D eigenvalue weighted by Gasteiger charge is 2.53. The van der Waals surface area contributed by atoms with Crippen molar-refractivity contribution in [3.05, 3.63) is 0 Å². The molecule has 176 valence electrons. The maximum absolute atomic E-state index is 2.52. The normalized spacial score (nSPS) is 41.2. The Bertz CT molecular complexity index is 477. The van der Waals surface area contributed by atoms with Crippen molar-refractivity contribution in [2.45, 2.75) is 122 Å². The Morgan fingerprint density at radius 1 is 0.300 bits per heavy atom. The lowest BCUT2D eigenvalue weighted by Crippen LogP contribution is -2.50. The summed E-state index contributed by atoms with van der Waals surface area (Å²) >= 11 is 0. The van der Waals surface area contributed by atoms with Crippen molar-refractivity contribution in [2.75, 3.05) is 0 Å². The molecule has 0 N–H and O–H groups in total. The van der Waals surface area contributed by atoms with Gasteiger partial charge in [0.1, 0.15) is 0 Å². The quantitative estimate of drug-likeness (QED) is 0.369. The lowest BCUT2D eigenvalue weighted by molar-refractivity contribution is -0.0887. The number of hydrogen-bond acceptors (Lipinski definition) is 0. The van der Waals surface area contributed by atoms with Gasteiger partial charge in [0.2, 0.25) is 0 Å². The summed E-state index contributed by atoms with van der Waals surface area (Å²) in [5, 5.41) is 0. The van der Waals surface area contributed by atoms with E-state index >= 15 is 0 Å². The number of hydrogen-bond donors (Lipinski definition) is 0. The first-order valence-corrected chi connectivity index (χ1v) is 13.4. The van der Waals surface area contributed by atoms with Crippen LogP contribution in [0.2, 0.25) is 0 Å². The summed E-state index contributed by atoms with van der Waals surface area (Å²) in [6, 6.07) is 0. The highest BCUT2D eigenvalue weighted by atomic mass is 14.6. The van der Waals surface area contributed by atoms with E-state index in [-0.39, 0.29) is 0 Å². The summed E-state index contributed by atoms with van der Waals surface area (Å²) in [5.74, 6) is 7.56. The molecule has 0 amide bonds. The molecule has 0 spiro atoms. The minimum Gasteiger partial charge on any atom is -0.0599 e. The molecule has 0 aliphatic heterocycles. The van der Waals surface area contributed by atoms with E-state index in [0.717, 1.165) is 47.3 Å². The summed E-state index contributed by atoms with van der Waals surface area (Å²) < 4.78 is 0. The molecule has 0 aromatic carbocycles. The van der Waals surface area contributed by atoms with E-state index in [4.69, 9.17) is 0 Å². The predicted molar refractivity (Wildman–Crippen MR) is 133 cm³/mol. The largest absolute Gasteiger partial charge is 0.0599 e. The molecular formula is C30H56. The van der Waals surface area contributed by atoms with Gasteiger partial charge in [-0.3, -0.25) is 0 Å². The van der Waals surface area contributed by atoms with Crippen LogP contribution in [0.15, 0.2) is 0 Å². The average molecular weight is 417 g/mol. The van der Waals surface area contributed by atoms with Crippen LogP contribution in [0.5, 0.6) is 0 Å². The first kappa shape index (κ1) is 24.6. The standard InChI is InChI=1S/C30H56/c1-27(2,3)23-15-19-13-21-17-25(29(7,8)9)26(30(10,11)12)18-22(21)14-20(19)16-24(23)28(4,5)6/h19-26H,13-18H2,1-12H3. The smallest absolute Gasteiger partial charge is 0.0329 e. The zero-order valence-corrected chi connectivity index (χ0v) is 22.9. The van der Waals surface area contributed by atoms with Crippen LogP contribution in [0.4, 0.5) is 0 Å². The molecule has 3 rings (SSSR count). The first-order chi connectivity index (χ1) is 13.4. The van der Waals surface area contributed by atoms with Crippen LogP contribution in [0.3, 0.4) is 0 Å². The second kappa shape index (κ2) is 7.80. The molecule has 30 heavy (non-hydrogen) atoms. The topological polar surface area (TPSA) is 0 Å². The minimum absolute atomic E-state index is 0.442. The fourth-order valence-electron chi connectivity index (χ4n) is 8.49. The van der Waals surface area contributed by atoms with Gasteiger partial charge in [-0.05, 0) is 108 Å². The fourth-order valence-corrected chi connectivity index (χ4v) is 8.49. The van der Waals surface area contributed by atoms with Crippen molar-refractivity contribution in [2.24, 2.45) is 69.0 Å². The Hall–Kier alpha value is 0. The van der Waals surface area contributed by atoms with Crippen molar-refractivity contribution in [3.8, 4) is 0 Å². The molecule has 0 bridgehead atoms. The third kappa shape index (κ3) is 4.98. The Morgan fingerprint density at radius 2 is 0.467 bits per heavy atom. The van der Waals surface area contributed by atoms with Crippen molar-refractivity contribution in [3.63, 3.8) is 0 Å². The van der Waals surface area contributed by atoms with Crippen LogP contribution in [0.25, 0.3) is 0 Å². The zero-order valence-electron chi connectivity index (χ0n) is 22.9. The van der Waals surface area contributed by atoms with Crippen LogP contribution in [-0.2, 0) is 0 Å². The van der Waals surface area contributed by atoms with Crippen LogP contribution in [0.1, 0.15) is 122 Å². The molecule has 0 aromatic rings. The van der Waals surface area contributed by atoms with Crippen LogP contribution < -0.4 is 0 Å². The molecule has 0 heterocycles. The summed E-state index contributed by atoms with van der Waals surface area (Å²) in [5.41, 5.74) is 1.77. The van der Waals surface area contributed by atoms with Gasteiger partial charge in [0, 0.05) is 0 Å². The van der Waals surface area contributed by atoms with Crippen LogP contribution in [-0.4, -0.2) is 0 Å². The SMILES string of the molecule is CC(C)(C)C1CC2CC3CC(C(C)(C)C)C(C(C)(C)C)CC3CC2CC1C(C)(C)C. The van der Waals surface area contributed by atoms with E-state index in [9.17, 15) is 0 Å². The van der Waals surface area contributed by atoms with Gasteiger partial charge in [-0.1, -0.05) is 83.1 Å². The maximum Gasteiger partial charge on any atom is -0.0329 e. The summed E-state index contributed by atoms with van der Waals surface area (Å²) in [6.07, 6.45) is 9.10. The Labute approximate surface area is 190 Å². The highest BCUT2D eigenvalue weighted by molar-refractivity contribution is 5.02. The molecule has 3 aliphatic rings.